The van der Waals surface area contributed by atoms with Crippen molar-refractivity contribution in [3.63, 3.8) is 0 Å². The summed E-state index contributed by atoms with van der Waals surface area (Å²) in [6, 6.07) is 4.86. The van der Waals surface area contributed by atoms with E-state index in [-0.39, 0.29) is 22.5 Å². The molecule has 0 saturated carbocycles. The van der Waals surface area contributed by atoms with Gasteiger partial charge < -0.3 is 10.2 Å². The van der Waals surface area contributed by atoms with E-state index in [1.807, 2.05) is 0 Å². The molecule has 0 unspecified atom stereocenters. The van der Waals surface area contributed by atoms with Gasteiger partial charge in [-0.25, -0.2) is 13.4 Å². The van der Waals surface area contributed by atoms with Gasteiger partial charge in [-0.1, -0.05) is 23.1 Å². The number of aromatic nitrogens is 1. The Morgan fingerprint density at radius 3 is 2.71 bits per heavy atom. The highest BCUT2D eigenvalue weighted by Crippen LogP contribution is 2.30. The highest BCUT2D eigenvalue weighted by atomic mass is 32.2. The lowest BCUT2D eigenvalue weighted by molar-refractivity contribution is -0.116. The molecule has 0 radical (unpaired) electrons. The molecule has 2 fully saturated rings. The minimum atomic E-state index is -3.48. The molecular weight excluding hydrogens is 420 g/mol. The van der Waals surface area contributed by atoms with Gasteiger partial charge in [-0.3, -0.25) is 9.59 Å². The molecule has 1 N–H and O–H groups in total. The summed E-state index contributed by atoms with van der Waals surface area (Å²) < 4.78 is 27.6. The van der Waals surface area contributed by atoms with Gasteiger partial charge in [0.05, 0.1) is 15.1 Å². The topological polar surface area (TPSA) is 99.7 Å². The third-order valence-electron chi connectivity index (χ3n) is 4.76. The number of carbonyl (C=O) groups is 2. The third kappa shape index (κ3) is 4.02. The molecule has 2 amide bonds. The maximum atomic E-state index is 12.7. The Bertz CT molecular complexity index is 1010. The van der Waals surface area contributed by atoms with Crippen LogP contribution in [0.3, 0.4) is 0 Å². The molecule has 2 aliphatic rings. The summed E-state index contributed by atoms with van der Waals surface area (Å²) in [5.74, 6) is 0.551. The van der Waals surface area contributed by atoms with Crippen LogP contribution in [0.25, 0.3) is 10.2 Å². The molecule has 2 aliphatic heterocycles. The van der Waals surface area contributed by atoms with Crippen LogP contribution in [0.5, 0.6) is 0 Å². The van der Waals surface area contributed by atoms with E-state index in [1.165, 1.54) is 27.4 Å². The summed E-state index contributed by atoms with van der Waals surface area (Å²) in [4.78, 5) is 30.0. The molecular formula is C17H20N4O4S3. The second-order valence-corrected chi connectivity index (χ2v) is 10.7. The number of fused-ring (bicyclic) bond motifs is 1. The molecule has 150 valence electrons. The van der Waals surface area contributed by atoms with Crippen LogP contribution in [-0.4, -0.2) is 65.7 Å². The van der Waals surface area contributed by atoms with Gasteiger partial charge in [-0.2, -0.15) is 4.31 Å². The predicted molar refractivity (Wildman–Crippen MR) is 110 cm³/mol. The van der Waals surface area contributed by atoms with E-state index in [0.717, 1.165) is 18.6 Å². The summed E-state index contributed by atoms with van der Waals surface area (Å²) in [5, 5.41) is 3.19. The van der Waals surface area contributed by atoms with Crippen molar-refractivity contribution < 1.29 is 18.0 Å². The summed E-state index contributed by atoms with van der Waals surface area (Å²) in [6.45, 7) is 2.18. The van der Waals surface area contributed by atoms with Crippen LogP contribution in [0.2, 0.25) is 0 Å². The van der Waals surface area contributed by atoms with E-state index in [1.54, 1.807) is 23.1 Å². The number of sulfonamides is 1. The van der Waals surface area contributed by atoms with Crippen molar-refractivity contribution in [2.75, 3.05) is 37.2 Å². The van der Waals surface area contributed by atoms with Crippen molar-refractivity contribution in [2.24, 2.45) is 0 Å². The van der Waals surface area contributed by atoms with Gasteiger partial charge in [-0.15, -0.1) is 0 Å². The smallest absolute Gasteiger partial charge is 0.281 e. The molecule has 11 heteroatoms. The molecule has 1 aromatic heterocycles. The molecule has 3 heterocycles. The number of nitrogens with zero attached hydrogens (tertiary/aromatic N) is 3. The number of carbonyl (C=O) groups excluding carboxylic acids is 2. The van der Waals surface area contributed by atoms with Gasteiger partial charge in [-0.05, 0) is 31.0 Å². The number of hydrogen-bond acceptors (Lipinski definition) is 7. The lowest BCUT2D eigenvalue weighted by atomic mass is 10.3. The van der Waals surface area contributed by atoms with Crippen LogP contribution in [0.1, 0.15) is 19.3 Å². The van der Waals surface area contributed by atoms with Gasteiger partial charge in [0.15, 0.2) is 5.13 Å². The monoisotopic (exact) mass is 440 g/mol. The number of thiazole rings is 1. The Balaban J connectivity index is 1.44. The highest BCUT2D eigenvalue weighted by Gasteiger charge is 2.27. The second kappa shape index (κ2) is 7.97. The van der Waals surface area contributed by atoms with Crippen LogP contribution < -0.4 is 5.32 Å². The molecule has 0 spiro atoms. The fourth-order valence-electron chi connectivity index (χ4n) is 3.24. The fourth-order valence-corrected chi connectivity index (χ4v) is 6.63. The number of nitrogens with one attached hydrogen (secondary N) is 1. The zero-order valence-corrected chi connectivity index (χ0v) is 17.5. The highest BCUT2D eigenvalue weighted by molar-refractivity contribution is 8.13. The summed E-state index contributed by atoms with van der Waals surface area (Å²) >= 11 is 2.52. The Morgan fingerprint density at radius 1 is 1.21 bits per heavy atom. The van der Waals surface area contributed by atoms with E-state index in [9.17, 15) is 18.0 Å². The molecule has 28 heavy (non-hydrogen) atoms. The first-order valence-corrected chi connectivity index (χ1v) is 12.3. The molecule has 0 atom stereocenters. The Kier molecular flexibility index (Phi) is 5.59. The SMILES string of the molecule is O=C(CCN1CCSC1=O)Nc1nc2ccc(S(=O)(=O)N3CCCC3)cc2s1. The number of amides is 2. The van der Waals surface area contributed by atoms with Crippen molar-refractivity contribution in [3.05, 3.63) is 18.2 Å². The zero-order valence-electron chi connectivity index (χ0n) is 15.1. The lowest BCUT2D eigenvalue weighted by Crippen LogP contribution is -2.27. The second-order valence-electron chi connectivity index (χ2n) is 6.66. The van der Waals surface area contributed by atoms with Crippen LogP contribution >= 0.6 is 23.1 Å². The molecule has 0 aliphatic carbocycles. The molecule has 2 aromatic rings. The average molecular weight is 441 g/mol. The van der Waals surface area contributed by atoms with Crippen molar-refractivity contribution >= 4 is 59.6 Å². The normalized spacial score (nSPS) is 18.3. The van der Waals surface area contributed by atoms with Gasteiger partial charge in [0, 0.05) is 38.4 Å². The van der Waals surface area contributed by atoms with Gasteiger partial charge in [0.1, 0.15) is 0 Å². The van der Waals surface area contributed by atoms with Gasteiger partial charge in [0.25, 0.3) is 5.24 Å². The van der Waals surface area contributed by atoms with Crippen molar-refractivity contribution in [1.82, 2.24) is 14.2 Å². The maximum Gasteiger partial charge on any atom is 0.281 e. The first kappa shape index (κ1) is 19.6. The number of rotatable bonds is 6. The molecule has 1 aromatic carbocycles. The van der Waals surface area contributed by atoms with Crippen LogP contribution in [0, 0.1) is 0 Å². The fraction of sp³-hybridized carbons (Fsp3) is 0.471. The van der Waals surface area contributed by atoms with Crippen LogP contribution in [-0.2, 0) is 14.8 Å². The van der Waals surface area contributed by atoms with E-state index >= 15 is 0 Å². The average Bonchev–Trinajstić information content (AvgIpc) is 3.40. The number of thioether (sulfide) groups is 1. The lowest BCUT2D eigenvalue weighted by Gasteiger charge is -2.15. The molecule has 8 nitrogen and oxygen atoms in total. The minimum absolute atomic E-state index is 0.0135. The molecule has 4 rings (SSSR count). The first-order chi connectivity index (χ1) is 13.4. The predicted octanol–water partition coefficient (Wildman–Crippen LogP) is 2.58. The Hall–Kier alpha value is -1.69. The van der Waals surface area contributed by atoms with Crippen LogP contribution in [0.4, 0.5) is 9.93 Å². The number of benzene rings is 1. The summed E-state index contributed by atoms with van der Waals surface area (Å²) in [6.07, 6.45) is 1.98. The van der Waals surface area contributed by atoms with E-state index in [2.05, 4.69) is 10.3 Å². The third-order valence-corrected chi connectivity index (χ3v) is 8.48. The van der Waals surface area contributed by atoms with Gasteiger partial charge >= 0.3 is 0 Å². The molecule has 0 bridgehead atoms. The van der Waals surface area contributed by atoms with Crippen molar-refractivity contribution in [2.45, 2.75) is 24.2 Å². The number of anilines is 1. The van der Waals surface area contributed by atoms with Crippen LogP contribution in [0.15, 0.2) is 23.1 Å². The quantitative estimate of drug-likeness (QED) is 0.741. The minimum Gasteiger partial charge on any atom is -0.332 e. The first-order valence-electron chi connectivity index (χ1n) is 9.06. The zero-order chi connectivity index (χ0) is 19.7. The summed E-state index contributed by atoms with van der Waals surface area (Å²) in [7, 11) is -3.48. The van der Waals surface area contributed by atoms with Gasteiger partial charge in [0.2, 0.25) is 15.9 Å². The maximum absolute atomic E-state index is 12.7. The van der Waals surface area contributed by atoms with E-state index < -0.39 is 10.0 Å². The molecule has 2 saturated heterocycles. The Labute approximate surface area is 171 Å². The van der Waals surface area contributed by atoms with E-state index in [0.29, 0.717) is 41.5 Å². The summed E-state index contributed by atoms with van der Waals surface area (Å²) in [5.41, 5.74) is 0.645. The standard InChI is InChI=1S/C17H20N4O4S3/c22-15(5-8-20-9-10-26-17(20)23)19-16-18-13-4-3-12(11-14(13)27-16)28(24,25)21-6-1-2-7-21/h3-4,11H,1-2,5-10H2,(H,18,19,22). The van der Waals surface area contributed by atoms with Crippen molar-refractivity contribution in [3.8, 4) is 0 Å². The Morgan fingerprint density at radius 2 is 2.00 bits per heavy atom. The largest absolute Gasteiger partial charge is 0.332 e. The van der Waals surface area contributed by atoms with Crippen molar-refractivity contribution in [1.29, 1.82) is 0 Å². The number of hydrogen-bond donors (Lipinski definition) is 1. The van der Waals surface area contributed by atoms with E-state index in [4.69, 9.17) is 0 Å².